The van der Waals surface area contributed by atoms with Gasteiger partial charge >= 0.3 is 0 Å². The summed E-state index contributed by atoms with van der Waals surface area (Å²) in [6.45, 7) is 5.94. The molecule has 3 nitrogen and oxygen atoms in total. The number of nitrogens with two attached hydrogens (primary N) is 1. The van der Waals surface area contributed by atoms with Crippen LogP contribution in [0.1, 0.15) is 64.4 Å². The molecule has 0 aliphatic heterocycles. The van der Waals surface area contributed by atoms with Gasteiger partial charge in [-0.15, -0.1) is 0 Å². The van der Waals surface area contributed by atoms with Crippen molar-refractivity contribution in [3.63, 3.8) is 0 Å². The third-order valence-corrected chi connectivity index (χ3v) is 3.87. The first-order valence-electron chi connectivity index (χ1n) is 9.27. The van der Waals surface area contributed by atoms with Gasteiger partial charge in [0.2, 0.25) is 0 Å². The van der Waals surface area contributed by atoms with Crippen molar-refractivity contribution < 1.29 is 9.47 Å². The molecule has 132 valence electrons. The Kier molecular flexibility index (Phi) is 11.6. The lowest BCUT2D eigenvalue weighted by atomic mass is 10.0. The van der Waals surface area contributed by atoms with E-state index >= 15 is 0 Å². The highest BCUT2D eigenvalue weighted by molar-refractivity contribution is 5.27. The topological polar surface area (TPSA) is 44.5 Å². The van der Waals surface area contributed by atoms with Crippen LogP contribution in [0, 0.1) is 0 Å². The molecule has 0 radical (unpaired) electrons. The predicted octanol–water partition coefficient (Wildman–Crippen LogP) is 4.72. The van der Waals surface area contributed by atoms with Gasteiger partial charge in [-0.2, -0.15) is 0 Å². The molecule has 23 heavy (non-hydrogen) atoms. The number of hydrogen-bond donors (Lipinski definition) is 1. The normalized spacial score (nSPS) is 12.3. The van der Waals surface area contributed by atoms with Crippen LogP contribution in [0.25, 0.3) is 0 Å². The van der Waals surface area contributed by atoms with Crippen LogP contribution < -0.4 is 10.5 Å². The molecular weight excluding hydrogens is 286 g/mol. The first-order valence-corrected chi connectivity index (χ1v) is 9.27. The van der Waals surface area contributed by atoms with E-state index in [1.165, 1.54) is 56.9 Å². The number of aryl methyl sites for hydroxylation is 1. The lowest BCUT2D eigenvalue weighted by Gasteiger charge is -2.09. The quantitative estimate of drug-likeness (QED) is 0.504. The van der Waals surface area contributed by atoms with Crippen molar-refractivity contribution in [1.82, 2.24) is 0 Å². The minimum atomic E-state index is 0.0842. The third kappa shape index (κ3) is 11.2. The Morgan fingerprint density at radius 3 is 2.22 bits per heavy atom. The van der Waals surface area contributed by atoms with E-state index in [-0.39, 0.29) is 6.04 Å². The number of unbranched alkanes of at least 4 members (excludes halogenated alkanes) is 6. The molecule has 2 N–H and O–H groups in total. The molecular formula is C20H35NO2. The summed E-state index contributed by atoms with van der Waals surface area (Å²) in [5.74, 6) is 0.915. The average molecular weight is 322 g/mol. The number of ether oxygens (including phenoxy) is 2. The molecule has 0 aliphatic rings. The lowest BCUT2D eigenvalue weighted by Crippen LogP contribution is -2.23. The second-order valence-corrected chi connectivity index (χ2v) is 6.42. The largest absolute Gasteiger partial charge is 0.491 e. The van der Waals surface area contributed by atoms with Crippen molar-refractivity contribution in [2.24, 2.45) is 5.73 Å². The number of rotatable bonds is 14. The zero-order valence-electron chi connectivity index (χ0n) is 15.1. The van der Waals surface area contributed by atoms with Crippen molar-refractivity contribution >= 4 is 0 Å². The number of benzene rings is 1. The summed E-state index contributed by atoms with van der Waals surface area (Å²) in [5.41, 5.74) is 7.02. The molecule has 0 aliphatic carbocycles. The van der Waals surface area contributed by atoms with Gasteiger partial charge in [0.15, 0.2) is 0 Å². The highest BCUT2D eigenvalue weighted by Crippen LogP contribution is 2.15. The maximum Gasteiger partial charge on any atom is 0.119 e. The molecule has 0 fully saturated rings. The van der Waals surface area contributed by atoms with Crippen LogP contribution >= 0.6 is 0 Å². The van der Waals surface area contributed by atoms with E-state index in [0.717, 1.165) is 5.75 Å². The molecule has 0 amide bonds. The van der Waals surface area contributed by atoms with Gasteiger partial charge in [-0.1, -0.05) is 57.6 Å². The molecule has 0 saturated heterocycles. The Morgan fingerprint density at radius 1 is 0.913 bits per heavy atom. The van der Waals surface area contributed by atoms with Gasteiger partial charge in [0, 0.05) is 6.04 Å². The van der Waals surface area contributed by atoms with Crippen LogP contribution in [0.2, 0.25) is 0 Å². The second kappa shape index (κ2) is 13.4. The Hall–Kier alpha value is -1.06. The van der Waals surface area contributed by atoms with Crippen LogP contribution in [0.5, 0.6) is 5.75 Å². The third-order valence-electron chi connectivity index (χ3n) is 3.87. The van der Waals surface area contributed by atoms with E-state index in [2.05, 4.69) is 31.2 Å². The van der Waals surface area contributed by atoms with E-state index in [4.69, 9.17) is 15.2 Å². The van der Waals surface area contributed by atoms with E-state index < -0.39 is 0 Å². The summed E-state index contributed by atoms with van der Waals surface area (Å²) < 4.78 is 11.0. The molecule has 0 saturated carbocycles. The van der Waals surface area contributed by atoms with E-state index in [9.17, 15) is 0 Å². The highest BCUT2D eigenvalue weighted by Gasteiger charge is 1.98. The van der Waals surface area contributed by atoms with Crippen molar-refractivity contribution in [3.8, 4) is 5.75 Å². The predicted molar refractivity (Wildman–Crippen MR) is 98.1 cm³/mol. The molecule has 1 rings (SSSR count). The van der Waals surface area contributed by atoms with Crippen LogP contribution in [0.4, 0.5) is 0 Å². The lowest BCUT2D eigenvalue weighted by molar-refractivity contribution is 0.0931. The fraction of sp³-hybridized carbons (Fsp3) is 0.700. The molecule has 3 heteroatoms. The summed E-state index contributed by atoms with van der Waals surface area (Å²) in [5, 5.41) is 0. The molecule has 0 spiro atoms. The average Bonchev–Trinajstić information content (AvgIpc) is 2.55. The minimum absolute atomic E-state index is 0.0842. The van der Waals surface area contributed by atoms with Crippen LogP contribution in [-0.4, -0.2) is 25.9 Å². The standard InChI is InChI=1S/C20H35NO2/c1-3-4-5-6-7-8-9-10-19-11-13-20(14-12-19)23-16-15-22-17-18(2)21/h11-14,18H,3-10,15-17,21H2,1-2H3. The van der Waals surface area contributed by atoms with Gasteiger partial charge in [0.25, 0.3) is 0 Å². The van der Waals surface area contributed by atoms with Gasteiger partial charge in [-0.25, -0.2) is 0 Å². The van der Waals surface area contributed by atoms with Gasteiger partial charge in [0.05, 0.1) is 13.2 Å². The second-order valence-electron chi connectivity index (χ2n) is 6.42. The maximum atomic E-state index is 5.66. The smallest absolute Gasteiger partial charge is 0.119 e. The van der Waals surface area contributed by atoms with Gasteiger partial charge in [-0.05, 0) is 37.5 Å². The van der Waals surface area contributed by atoms with Crippen LogP contribution in [-0.2, 0) is 11.2 Å². The highest BCUT2D eigenvalue weighted by atomic mass is 16.5. The van der Waals surface area contributed by atoms with Gasteiger partial charge in [-0.3, -0.25) is 0 Å². The Labute approximate surface area is 142 Å². The monoisotopic (exact) mass is 321 g/mol. The Morgan fingerprint density at radius 2 is 1.57 bits per heavy atom. The molecule has 0 heterocycles. The fourth-order valence-corrected chi connectivity index (χ4v) is 2.53. The van der Waals surface area contributed by atoms with Crippen molar-refractivity contribution in [2.75, 3.05) is 19.8 Å². The van der Waals surface area contributed by atoms with Crippen molar-refractivity contribution in [2.45, 2.75) is 71.3 Å². The number of hydrogen-bond acceptors (Lipinski definition) is 3. The maximum absolute atomic E-state index is 5.66. The van der Waals surface area contributed by atoms with E-state index in [1.807, 2.05) is 6.92 Å². The van der Waals surface area contributed by atoms with Crippen LogP contribution in [0.15, 0.2) is 24.3 Å². The van der Waals surface area contributed by atoms with Crippen LogP contribution in [0.3, 0.4) is 0 Å². The zero-order valence-corrected chi connectivity index (χ0v) is 15.1. The first kappa shape index (κ1) is 20.0. The summed E-state index contributed by atoms with van der Waals surface area (Å²) in [4.78, 5) is 0. The van der Waals surface area contributed by atoms with Crippen molar-refractivity contribution in [3.05, 3.63) is 29.8 Å². The summed E-state index contributed by atoms with van der Waals surface area (Å²) in [6.07, 6.45) is 10.7. The SMILES string of the molecule is CCCCCCCCCc1ccc(OCCOCC(C)N)cc1. The summed E-state index contributed by atoms with van der Waals surface area (Å²) in [6, 6.07) is 8.55. The molecule has 1 aromatic carbocycles. The zero-order chi connectivity index (χ0) is 16.8. The summed E-state index contributed by atoms with van der Waals surface area (Å²) >= 11 is 0. The van der Waals surface area contributed by atoms with Crippen molar-refractivity contribution in [1.29, 1.82) is 0 Å². The van der Waals surface area contributed by atoms with Gasteiger partial charge in [0.1, 0.15) is 12.4 Å². The van der Waals surface area contributed by atoms with Gasteiger partial charge < -0.3 is 15.2 Å². The summed E-state index contributed by atoms with van der Waals surface area (Å²) in [7, 11) is 0. The molecule has 0 aromatic heterocycles. The molecule has 1 aromatic rings. The minimum Gasteiger partial charge on any atom is -0.491 e. The first-order chi connectivity index (χ1) is 11.2. The van der Waals surface area contributed by atoms with E-state index in [0.29, 0.717) is 19.8 Å². The van der Waals surface area contributed by atoms with E-state index in [1.54, 1.807) is 0 Å². The molecule has 1 atom stereocenters. The molecule has 1 unspecified atom stereocenters. The Bertz CT molecular complexity index is 376. The fourth-order valence-electron chi connectivity index (χ4n) is 2.53. The Balaban J connectivity index is 2.06. The molecule has 0 bridgehead atoms.